The van der Waals surface area contributed by atoms with Crippen LogP contribution in [0.1, 0.15) is 19.3 Å². The van der Waals surface area contributed by atoms with Gasteiger partial charge in [0.2, 0.25) is 0 Å². The van der Waals surface area contributed by atoms with E-state index < -0.39 is 10.0 Å². The van der Waals surface area contributed by atoms with Crippen LogP contribution in [0.5, 0.6) is 0 Å². The van der Waals surface area contributed by atoms with Crippen LogP contribution in [-0.4, -0.2) is 26.5 Å². The van der Waals surface area contributed by atoms with E-state index in [-0.39, 0.29) is 4.90 Å². The lowest BCUT2D eigenvalue weighted by molar-refractivity contribution is 0.200. The zero-order valence-electron chi connectivity index (χ0n) is 9.89. The van der Waals surface area contributed by atoms with E-state index in [1.54, 1.807) is 11.1 Å². The number of nitrogen functional groups attached to an aromatic ring is 1. The van der Waals surface area contributed by atoms with Gasteiger partial charge in [0.1, 0.15) is 0 Å². The molecule has 0 spiro atoms. The molecule has 3 N–H and O–H groups in total. The molecule has 0 aromatic heterocycles. The number of hydrogen-bond acceptors (Lipinski definition) is 4. The van der Waals surface area contributed by atoms with E-state index >= 15 is 0 Å². The number of anilines is 1. The molecule has 2 rings (SSSR count). The summed E-state index contributed by atoms with van der Waals surface area (Å²) in [4.78, 5) is 2.78. The van der Waals surface area contributed by atoms with E-state index in [2.05, 4.69) is 20.8 Å². The van der Waals surface area contributed by atoms with E-state index in [4.69, 9.17) is 5.73 Å². The quantitative estimate of drug-likeness (QED) is 0.825. The fourth-order valence-corrected chi connectivity index (χ4v) is 3.30. The minimum atomic E-state index is -3.52. The second-order valence-electron chi connectivity index (χ2n) is 4.33. The highest BCUT2D eigenvalue weighted by atomic mass is 79.9. The Labute approximate surface area is 115 Å². The molecule has 0 radical (unpaired) electrons. The highest BCUT2D eigenvalue weighted by Crippen LogP contribution is 2.23. The Kier molecular flexibility index (Phi) is 4.26. The molecule has 7 heteroatoms. The average molecular weight is 334 g/mol. The normalized spacial score (nSPS) is 17.8. The highest BCUT2D eigenvalue weighted by Gasteiger charge is 2.20. The summed E-state index contributed by atoms with van der Waals surface area (Å²) in [5.41, 5.74) is 6.11. The lowest BCUT2D eigenvalue weighted by Gasteiger charge is -2.26. The minimum Gasteiger partial charge on any atom is -0.398 e. The summed E-state index contributed by atoms with van der Waals surface area (Å²) in [6.45, 7) is 1.51. The third-order valence-corrected chi connectivity index (χ3v) is 4.98. The maximum absolute atomic E-state index is 12.1. The molecule has 1 saturated heterocycles. The van der Waals surface area contributed by atoms with E-state index in [1.807, 2.05) is 0 Å². The molecule has 18 heavy (non-hydrogen) atoms. The zero-order chi connectivity index (χ0) is 13.2. The first-order chi connectivity index (χ1) is 8.49. The first kappa shape index (κ1) is 13.8. The molecule has 100 valence electrons. The third kappa shape index (κ3) is 3.23. The van der Waals surface area contributed by atoms with Crippen LogP contribution >= 0.6 is 15.9 Å². The first-order valence-corrected chi connectivity index (χ1v) is 8.09. The molecular formula is C11H16BrN3O2S. The van der Waals surface area contributed by atoms with Crippen LogP contribution in [0, 0.1) is 0 Å². The summed E-state index contributed by atoms with van der Waals surface area (Å²) in [5.74, 6) is 0. The van der Waals surface area contributed by atoms with Crippen molar-refractivity contribution in [2.75, 3.05) is 18.8 Å². The standard InChI is InChI=1S/C11H16BrN3O2S/c12-10-5-4-9(8-11(10)13)18(16,17)14-15-6-2-1-3-7-15/h4-5,8,14H,1-3,6-7,13H2. The Bertz CT molecular complexity index is 527. The predicted molar refractivity (Wildman–Crippen MR) is 74.3 cm³/mol. The van der Waals surface area contributed by atoms with Crippen LogP contribution in [0.4, 0.5) is 5.69 Å². The molecule has 0 unspecified atom stereocenters. The van der Waals surface area contributed by atoms with Crippen molar-refractivity contribution < 1.29 is 8.42 Å². The molecule has 0 bridgehead atoms. The molecule has 1 aromatic carbocycles. The van der Waals surface area contributed by atoms with Crippen molar-refractivity contribution >= 4 is 31.6 Å². The van der Waals surface area contributed by atoms with Crippen molar-refractivity contribution in [1.82, 2.24) is 9.84 Å². The van der Waals surface area contributed by atoms with Crippen molar-refractivity contribution in [1.29, 1.82) is 0 Å². The summed E-state index contributed by atoms with van der Waals surface area (Å²) in [7, 11) is -3.52. The van der Waals surface area contributed by atoms with Gasteiger partial charge in [-0.1, -0.05) is 6.42 Å². The number of benzene rings is 1. The average Bonchev–Trinajstić information content (AvgIpc) is 2.33. The van der Waals surface area contributed by atoms with E-state index in [0.29, 0.717) is 10.2 Å². The Morgan fingerprint density at radius 3 is 2.50 bits per heavy atom. The molecule has 1 aromatic rings. The summed E-state index contributed by atoms with van der Waals surface area (Å²) in [5, 5.41) is 1.75. The van der Waals surface area contributed by atoms with Gasteiger partial charge in [-0.3, -0.25) is 0 Å². The van der Waals surface area contributed by atoms with E-state index in [0.717, 1.165) is 32.4 Å². The predicted octanol–water partition coefficient (Wildman–Crippen LogP) is 1.71. The summed E-state index contributed by atoms with van der Waals surface area (Å²) >= 11 is 3.24. The number of nitrogens with one attached hydrogen (secondary N) is 1. The van der Waals surface area contributed by atoms with Gasteiger partial charge in [0.05, 0.1) is 4.90 Å². The molecule has 1 aliphatic rings. The number of nitrogens with two attached hydrogens (primary N) is 1. The first-order valence-electron chi connectivity index (χ1n) is 5.81. The van der Waals surface area contributed by atoms with Crippen molar-refractivity contribution in [3.8, 4) is 0 Å². The second kappa shape index (κ2) is 5.56. The van der Waals surface area contributed by atoms with Crippen LogP contribution in [-0.2, 0) is 10.0 Å². The van der Waals surface area contributed by atoms with Gasteiger partial charge < -0.3 is 5.73 Å². The van der Waals surface area contributed by atoms with Crippen LogP contribution in [0.15, 0.2) is 27.6 Å². The monoisotopic (exact) mass is 333 g/mol. The molecule has 0 amide bonds. The fourth-order valence-electron chi connectivity index (χ4n) is 1.90. The number of hydrogen-bond donors (Lipinski definition) is 2. The van der Waals surface area contributed by atoms with Gasteiger partial charge in [0.25, 0.3) is 10.0 Å². The highest BCUT2D eigenvalue weighted by molar-refractivity contribution is 9.10. The van der Waals surface area contributed by atoms with Crippen LogP contribution in [0.25, 0.3) is 0 Å². The lowest BCUT2D eigenvalue weighted by atomic mass is 10.2. The number of sulfonamides is 1. The van der Waals surface area contributed by atoms with E-state index in [9.17, 15) is 8.42 Å². The van der Waals surface area contributed by atoms with Gasteiger partial charge in [-0.2, -0.15) is 0 Å². The van der Waals surface area contributed by atoms with E-state index in [1.165, 1.54) is 12.1 Å². The number of hydrazine groups is 1. The van der Waals surface area contributed by atoms with Gasteiger partial charge in [-0.15, -0.1) is 4.83 Å². The van der Waals surface area contributed by atoms with Crippen LogP contribution in [0.3, 0.4) is 0 Å². The molecule has 0 saturated carbocycles. The number of nitrogens with zero attached hydrogens (tertiary/aromatic N) is 1. The fraction of sp³-hybridized carbons (Fsp3) is 0.455. The number of rotatable bonds is 3. The second-order valence-corrected chi connectivity index (χ2v) is 6.84. The topological polar surface area (TPSA) is 75.4 Å². The Balaban J connectivity index is 2.16. The molecule has 0 atom stereocenters. The smallest absolute Gasteiger partial charge is 0.253 e. The Hall–Kier alpha value is -0.630. The maximum Gasteiger partial charge on any atom is 0.253 e. The molecule has 1 fully saturated rings. The third-order valence-electron chi connectivity index (χ3n) is 2.88. The lowest BCUT2D eigenvalue weighted by Crippen LogP contribution is -2.44. The summed E-state index contributed by atoms with van der Waals surface area (Å²) in [6, 6.07) is 4.63. The van der Waals surface area contributed by atoms with Crippen molar-refractivity contribution in [2.45, 2.75) is 24.2 Å². The molecule has 1 aliphatic heterocycles. The largest absolute Gasteiger partial charge is 0.398 e. The van der Waals surface area contributed by atoms with Crippen LogP contribution in [0.2, 0.25) is 0 Å². The molecular weight excluding hydrogens is 318 g/mol. The Morgan fingerprint density at radius 1 is 1.22 bits per heavy atom. The number of piperidine rings is 1. The minimum absolute atomic E-state index is 0.189. The maximum atomic E-state index is 12.1. The van der Waals surface area contributed by atoms with Gasteiger partial charge in [-0.05, 0) is 47.0 Å². The van der Waals surface area contributed by atoms with Gasteiger partial charge in [0.15, 0.2) is 0 Å². The summed E-state index contributed by atoms with van der Waals surface area (Å²) in [6.07, 6.45) is 3.19. The van der Waals surface area contributed by atoms with Crippen molar-refractivity contribution in [3.63, 3.8) is 0 Å². The molecule has 1 heterocycles. The van der Waals surface area contributed by atoms with Gasteiger partial charge in [-0.25, -0.2) is 13.4 Å². The summed E-state index contributed by atoms with van der Waals surface area (Å²) < 4.78 is 25.0. The van der Waals surface area contributed by atoms with Gasteiger partial charge in [0, 0.05) is 23.2 Å². The van der Waals surface area contributed by atoms with Crippen LogP contribution < -0.4 is 10.6 Å². The zero-order valence-corrected chi connectivity index (χ0v) is 12.3. The number of halogens is 1. The molecule has 5 nitrogen and oxygen atoms in total. The Morgan fingerprint density at radius 2 is 1.89 bits per heavy atom. The SMILES string of the molecule is Nc1cc(S(=O)(=O)NN2CCCCC2)ccc1Br. The molecule has 0 aliphatic carbocycles. The van der Waals surface area contributed by atoms with Crippen molar-refractivity contribution in [3.05, 3.63) is 22.7 Å². The van der Waals surface area contributed by atoms with Crippen molar-refractivity contribution in [2.24, 2.45) is 0 Å². The van der Waals surface area contributed by atoms with Gasteiger partial charge >= 0.3 is 0 Å².